The number of ether oxygens (including phenoxy) is 2. The van der Waals surface area contributed by atoms with Crippen molar-refractivity contribution in [2.24, 2.45) is 5.92 Å². The molecule has 5 heteroatoms. The van der Waals surface area contributed by atoms with E-state index in [0.29, 0.717) is 26.2 Å². The number of hydrogen-bond acceptors (Lipinski definition) is 5. The van der Waals surface area contributed by atoms with Crippen LogP contribution in [0.1, 0.15) is 24.0 Å². The number of rotatable bonds is 8. The maximum atomic E-state index is 12.0. The van der Waals surface area contributed by atoms with Crippen molar-refractivity contribution in [3.63, 3.8) is 0 Å². The topological polar surface area (TPSA) is 54.0 Å². The van der Waals surface area contributed by atoms with Crippen LogP contribution in [0.5, 0.6) is 0 Å². The van der Waals surface area contributed by atoms with Gasteiger partial charge < -0.3 is 9.47 Å². The summed E-state index contributed by atoms with van der Waals surface area (Å²) in [6, 6.07) is 19.6. The highest BCUT2D eigenvalue weighted by Crippen LogP contribution is 2.21. The van der Waals surface area contributed by atoms with Crippen LogP contribution in [0.25, 0.3) is 0 Å². The molecule has 0 aliphatic carbocycles. The summed E-state index contributed by atoms with van der Waals surface area (Å²) in [7, 11) is 0. The van der Waals surface area contributed by atoms with Crippen molar-refractivity contribution < 1.29 is 24.0 Å². The molecular weight excluding hydrogens is 332 g/mol. The molecule has 1 aliphatic rings. The van der Waals surface area contributed by atoms with Crippen molar-refractivity contribution in [2.45, 2.75) is 32.2 Å². The van der Waals surface area contributed by atoms with Crippen LogP contribution in [0.2, 0.25) is 0 Å². The first-order valence-electron chi connectivity index (χ1n) is 8.92. The second-order valence-electron chi connectivity index (χ2n) is 6.38. The van der Waals surface area contributed by atoms with Crippen LogP contribution < -0.4 is 0 Å². The van der Waals surface area contributed by atoms with E-state index in [2.05, 4.69) is 0 Å². The van der Waals surface area contributed by atoms with Gasteiger partial charge >= 0.3 is 5.97 Å². The maximum absolute atomic E-state index is 12.0. The standard InChI is InChI=1S/C21H24O5/c22-21(26-25-14-18-9-5-2-6-10-18)19-11-12-20(24-15-19)16-23-13-17-7-3-1-4-8-17/h1-10,19-20H,11-16H2. The first-order chi connectivity index (χ1) is 12.8. The molecule has 0 aromatic heterocycles. The van der Waals surface area contributed by atoms with E-state index in [-0.39, 0.29) is 24.6 Å². The van der Waals surface area contributed by atoms with Gasteiger partial charge in [0.15, 0.2) is 0 Å². The Morgan fingerprint density at radius 1 is 0.923 bits per heavy atom. The van der Waals surface area contributed by atoms with Crippen LogP contribution in [0.3, 0.4) is 0 Å². The Morgan fingerprint density at radius 2 is 1.58 bits per heavy atom. The Bertz CT molecular complexity index is 651. The number of hydrogen-bond donors (Lipinski definition) is 0. The number of benzene rings is 2. The van der Waals surface area contributed by atoms with E-state index in [4.69, 9.17) is 19.2 Å². The zero-order valence-electron chi connectivity index (χ0n) is 14.7. The average molecular weight is 356 g/mol. The van der Waals surface area contributed by atoms with E-state index in [1.807, 2.05) is 60.7 Å². The maximum Gasteiger partial charge on any atom is 0.347 e. The molecule has 2 atom stereocenters. The van der Waals surface area contributed by atoms with Crippen molar-refractivity contribution in [3.05, 3.63) is 71.8 Å². The fourth-order valence-corrected chi connectivity index (χ4v) is 2.80. The van der Waals surface area contributed by atoms with Crippen molar-refractivity contribution >= 4 is 5.97 Å². The fourth-order valence-electron chi connectivity index (χ4n) is 2.80. The largest absolute Gasteiger partial charge is 0.375 e. The molecule has 5 nitrogen and oxygen atoms in total. The molecule has 2 aromatic rings. The van der Waals surface area contributed by atoms with Crippen LogP contribution in [0, 0.1) is 5.92 Å². The van der Waals surface area contributed by atoms with Gasteiger partial charge in [0.05, 0.1) is 31.8 Å². The van der Waals surface area contributed by atoms with E-state index >= 15 is 0 Å². The normalized spacial score (nSPS) is 19.8. The summed E-state index contributed by atoms with van der Waals surface area (Å²) in [5, 5.41) is 0. The molecule has 0 bridgehead atoms. The van der Waals surface area contributed by atoms with E-state index in [9.17, 15) is 4.79 Å². The van der Waals surface area contributed by atoms with Gasteiger partial charge in [-0.05, 0) is 24.0 Å². The summed E-state index contributed by atoms with van der Waals surface area (Å²) >= 11 is 0. The third-order valence-corrected chi connectivity index (χ3v) is 4.33. The molecule has 138 valence electrons. The molecule has 0 amide bonds. The zero-order chi connectivity index (χ0) is 18.0. The van der Waals surface area contributed by atoms with E-state index in [0.717, 1.165) is 17.5 Å². The van der Waals surface area contributed by atoms with Crippen LogP contribution in [-0.2, 0) is 37.3 Å². The lowest BCUT2D eigenvalue weighted by Gasteiger charge is -2.27. The molecule has 1 saturated heterocycles. The first-order valence-corrected chi connectivity index (χ1v) is 8.92. The fraction of sp³-hybridized carbons (Fsp3) is 0.381. The predicted molar refractivity (Wildman–Crippen MR) is 95.9 cm³/mol. The van der Waals surface area contributed by atoms with E-state index < -0.39 is 0 Å². The van der Waals surface area contributed by atoms with Crippen molar-refractivity contribution in [3.8, 4) is 0 Å². The predicted octanol–water partition coefficient (Wildman–Crippen LogP) is 3.67. The molecule has 26 heavy (non-hydrogen) atoms. The molecule has 1 heterocycles. The Labute approximate surface area is 153 Å². The average Bonchev–Trinajstić information content (AvgIpc) is 2.70. The molecule has 3 rings (SSSR count). The quantitative estimate of drug-likeness (QED) is 0.533. The lowest BCUT2D eigenvalue weighted by molar-refractivity contribution is -0.286. The summed E-state index contributed by atoms with van der Waals surface area (Å²) in [5.74, 6) is -0.652. The molecular formula is C21H24O5. The summed E-state index contributed by atoms with van der Waals surface area (Å²) < 4.78 is 11.4. The van der Waals surface area contributed by atoms with E-state index in [1.165, 1.54) is 0 Å². The van der Waals surface area contributed by atoms with Gasteiger partial charge in [0, 0.05) is 0 Å². The summed E-state index contributed by atoms with van der Waals surface area (Å²) in [5.41, 5.74) is 2.09. The molecule has 1 aliphatic heterocycles. The summed E-state index contributed by atoms with van der Waals surface area (Å²) in [6.07, 6.45) is 1.51. The highest BCUT2D eigenvalue weighted by Gasteiger charge is 2.29. The molecule has 0 N–H and O–H groups in total. The Morgan fingerprint density at radius 3 is 2.19 bits per heavy atom. The third-order valence-electron chi connectivity index (χ3n) is 4.33. The van der Waals surface area contributed by atoms with Gasteiger partial charge in [-0.1, -0.05) is 60.7 Å². The molecule has 0 spiro atoms. The minimum atomic E-state index is -0.371. The van der Waals surface area contributed by atoms with Gasteiger partial charge in [-0.15, -0.1) is 0 Å². The van der Waals surface area contributed by atoms with Crippen molar-refractivity contribution in [2.75, 3.05) is 13.2 Å². The first kappa shape index (κ1) is 18.6. The Kier molecular flexibility index (Phi) is 7.19. The monoisotopic (exact) mass is 356 g/mol. The van der Waals surface area contributed by atoms with Gasteiger partial charge in [0.25, 0.3) is 0 Å². The van der Waals surface area contributed by atoms with Gasteiger partial charge in [-0.25, -0.2) is 4.79 Å². The zero-order valence-corrected chi connectivity index (χ0v) is 14.7. The van der Waals surface area contributed by atoms with Crippen LogP contribution in [0.4, 0.5) is 0 Å². The third kappa shape index (κ3) is 5.95. The molecule has 2 aromatic carbocycles. The second kappa shape index (κ2) is 10.1. The SMILES string of the molecule is O=C(OOCc1ccccc1)C1CCC(COCc2ccccc2)OC1. The van der Waals surface area contributed by atoms with Gasteiger partial charge in [0.1, 0.15) is 6.61 Å². The van der Waals surface area contributed by atoms with Gasteiger partial charge in [-0.3, -0.25) is 4.89 Å². The summed E-state index contributed by atoms with van der Waals surface area (Å²) in [6.45, 7) is 1.68. The minimum Gasteiger partial charge on any atom is -0.375 e. The number of carbonyl (C=O) groups excluding carboxylic acids is 1. The van der Waals surface area contributed by atoms with Crippen LogP contribution >= 0.6 is 0 Å². The smallest absolute Gasteiger partial charge is 0.347 e. The second-order valence-corrected chi connectivity index (χ2v) is 6.38. The van der Waals surface area contributed by atoms with Crippen LogP contribution in [0.15, 0.2) is 60.7 Å². The van der Waals surface area contributed by atoms with Crippen LogP contribution in [-0.4, -0.2) is 25.3 Å². The van der Waals surface area contributed by atoms with E-state index in [1.54, 1.807) is 0 Å². The summed E-state index contributed by atoms with van der Waals surface area (Å²) in [4.78, 5) is 22.0. The lowest BCUT2D eigenvalue weighted by atomic mass is 9.99. The highest BCUT2D eigenvalue weighted by atomic mass is 17.2. The molecule has 2 unspecified atom stereocenters. The Balaban J connectivity index is 1.29. The highest BCUT2D eigenvalue weighted by molar-refractivity contribution is 5.72. The van der Waals surface area contributed by atoms with Crippen molar-refractivity contribution in [1.82, 2.24) is 0 Å². The number of carbonyl (C=O) groups is 1. The molecule has 0 radical (unpaired) electrons. The minimum absolute atomic E-state index is 0.0213. The van der Waals surface area contributed by atoms with Gasteiger partial charge in [0.2, 0.25) is 0 Å². The molecule has 0 saturated carbocycles. The van der Waals surface area contributed by atoms with Crippen molar-refractivity contribution in [1.29, 1.82) is 0 Å². The Hall–Kier alpha value is -2.21. The lowest BCUT2D eigenvalue weighted by Crippen LogP contribution is -2.34. The molecule has 1 fully saturated rings. The van der Waals surface area contributed by atoms with Gasteiger partial charge in [-0.2, -0.15) is 4.89 Å².